The Morgan fingerprint density at radius 2 is 0.582 bits per heavy atom. The number of rotatable bonds is 49. The van der Waals surface area contributed by atoms with Gasteiger partial charge in [-0.1, -0.05) is 208 Å². The molecule has 0 aliphatic heterocycles. The molecule has 0 aliphatic carbocycles. The van der Waals surface area contributed by atoms with Gasteiger partial charge in [0.2, 0.25) is 0 Å². The SMILES string of the molecule is CC/C=C\C/C=C\C/C=C\C/C=C\C/C=C\CCCCCC(=O)O[C@H](COC(=O)CCCCCCC/C=C\C/C=C\CCCCC)COC(=O)CCCCCCC/C=C\CCCCCCCC. The van der Waals surface area contributed by atoms with Crippen LogP contribution in [0, 0.1) is 0 Å². The van der Waals surface area contributed by atoms with Gasteiger partial charge in [-0.2, -0.15) is 0 Å². The Morgan fingerprint density at radius 1 is 0.313 bits per heavy atom. The lowest BCUT2D eigenvalue weighted by molar-refractivity contribution is -0.167. The Kier molecular flexibility index (Phi) is 51.9. The molecule has 0 saturated carbocycles. The maximum absolute atomic E-state index is 12.8. The van der Waals surface area contributed by atoms with Crippen LogP contribution in [0.2, 0.25) is 0 Å². The third-order valence-corrected chi connectivity index (χ3v) is 11.5. The number of hydrogen-bond donors (Lipinski definition) is 0. The smallest absolute Gasteiger partial charge is 0.306 e. The second kappa shape index (κ2) is 54.9. The second-order valence-corrected chi connectivity index (χ2v) is 18.1. The first-order valence-corrected chi connectivity index (χ1v) is 27.7. The molecule has 67 heavy (non-hydrogen) atoms. The summed E-state index contributed by atoms with van der Waals surface area (Å²) < 4.78 is 16.8. The Bertz CT molecular complexity index is 1350. The number of carbonyl (C=O) groups is 3. The van der Waals surface area contributed by atoms with E-state index in [1.165, 1.54) is 83.5 Å². The van der Waals surface area contributed by atoms with E-state index in [2.05, 4.69) is 118 Å². The van der Waals surface area contributed by atoms with Crippen LogP contribution in [-0.2, 0) is 28.6 Å². The summed E-state index contributed by atoms with van der Waals surface area (Å²) in [7, 11) is 0. The van der Waals surface area contributed by atoms with Gasteiger partial charge in [0, 0.05) is 19.3 Å². The van der Waals surface area contributed by atoms with Crippen LogP contribution in [0.3, 0.4) is 0 Å². The molecule has 382 valence electrons. The topological polar surface area (TPSA) is 78.9 Å². The van der Waals surface area contributed by atoms with Gasteiger partial charge in [0.15, 0.2) is 6.10 Å². The molecule has 0 aromatic rings. The van der Waals surface area contributed by atoms with Crippen molar-refractivity contribution in [2.45, 2.75) is 258 Å². The highest BCUT2D eigenvalue weighted by molar-refractivity contribution is 5.71. The minimum Gasteiger partial charge on any atom is -0.462 e. The number of esters is 3. The zero-order valence-corrected chi connectivity index (χ0v) is 43.6. The van der Waals surface area contributed by atoms with Crippen LogP contribution in [0.1, 0.15) is 252 Å². The molecular weight excluding hydrogens is 829 g/mol. The first kappa shape index (κ1) is 63.3. The van der Waals surface area contributed by atoms with E-state index in [1.54, 1.807) is 0 Å². The summed E-state index contributed by atoms with van der Waals surface area (Å²) in [5.41, 5.74) is 0. The first-order chi connectivity index (χ1) is 33.0. The molecule has 0 aromatic carbocycles. The molecule has 0 heterocycles. The van der Waals surface area contributed by atoms with Crippen LogP contribution in [-0.4, -0.2) is 37.2 Å². The molecule has 0 spiro atoms. The monoisotopic (exact) mass is 931 g/mol. The van der Waals surface area contributed by atoms with Crippen LogP contribution in [0.4, 0.5) is 0 Å². The van der Waals surface area contributed by atoms with Gasteiger partial charge in [-0.3, -0.25) is 14.4 Å². The lowest BCUT2D eigenvalue weighted by atomic mass is 10.1. The fourth-order valence-corrected chi connectivity index (χ4v) is 7.37. The van der Waals surface area contributed by atoms with Crippen molar-refractivity contribution in [3.63, 3.8) is 0 Å². The highest BCUT2D eigenvalue weighted by Gasteiger charge is 2.19. The molecule has 0 bridgehead atoms. The van der Waals surface area contributed by atoms with Crippen molar-refractivity contribution in [1.29, 1.82) is 0 Å². The zero-order valence-electron chi connectivity index (χ0n) is 43.6. The van der Waals surface area contributed by atoms with Crippen molar-refractivity contribution in [1.82, 2.24) is 0 Å². The fourth-order valence-electron chi connectivity index (χ4n) is 7.37. The van der Waals surface area contributed by atoms with Crippen molar-refractivity contribution >= 4 is 17.9 Å². The van der Waals surface area contributed by atoms with E-state index >= 15 is 0 Å². The van der Waals surface area contributed by atoms with E-state index in [-0.39, 0.29) is 37.5 Å². The molecule has 0 amide bonds. The van der Waals surface area contributed by atoms with Gasteiger partial charge in [0.05, 0.1) is 0 Å². The molecule has 0 aromatic heterocycles. The average molecular weight is 931 g/mol. The van der Waals surface area contributed by atoms with Gasteiger partial charge in [0.25, 0.3) is 0 Å². The summed E-state index contributed by atoms with van der Waals surface area (Å²) in [5, 5.41) is 0. The number of allylic oxidation sites excluding steroid dienone is 16. The Labute approximate surface area is 413 Å². The molecule has 0 aliphatic rings. The van der Waals surface area contributed by atoms with Crippen LogP contribution in [0.15, 0.2) is 97.2 Å². The molecule has 6 heteroatoms. The highest BCUT2D eigenvalue weighted by Crippen LogP contribution is 2.13. The maximum atomic E-state index is 12.8. The molecule has 0 rings (SSSR count). The molecule has 0 saturated heterocycles. The van der Waals surface area contributed by atoms with Gasteiger partial charge in [-0.25, -0.2) is 0 Å². The van der Waals surface area contributed by atoms with Crippen LogP contribution < -0.4 is 0 Å². The Balaban J connectivity index is 4.50. The van der Waals surface area contributed by atoms with Gasteiger partial charge in [0.1, 0.15) is 13.2 Å². The van der Waals surface area contributed by atoms with Crippen molar-refractivity contribution in [3.05, 3.63) is 97.2 Å². The Morgan fingerprint density at radius 3 is 0.970 bits per heavy atom. The van der Waals surface area contributed by atoms with Gasteiger partial charge in [-0.15, -0.1) is 0 Å². The fraction of sp³-hybridized carbons (Fsp3) is 0.689. The van der Waals surface area contributed by atoms with Gasteiger partial charge >= 0.3 is 17.9 Å². The van der Waals surface area contributed by atoms with Crippen molar-refractivity contribution in [2.75, 3.05) is 13.2 Å². The molecule has 0 fully saturated rings. The van der Waals surface area contributed by atoms with Crippen LogP contribution in [0.25, 0.3) is 0 Å². The van der Waals surface area contributed by atoms with E-state index in [1.807, 2.05) is 0 Å². The standard InChI is InChI=1S/C61H102O6/c1-4-7-10-13-16-19-22-25-28-29-30-31-34-37-40-43-46-49-52-55-61(64)67-58(56-65-59(62)53-50-47-44-41-38-35-32-26-23-20-17-14-11-8-5-2)57-66-60(63)54-51-48-45-42-39-36-33-27-24-21-18-15-12-9-6-3/h7,10,16-17,19-20,25-28,30-33,37,40,58H,4-6,8-9,11-15,18,21-24,29,34-36,38-39,41-57H2,1-3H3/b10-7-,19-16-,20-17-,28-25-,31-30-,32-26-,33-27-,40-37-/t58-/m1/s1. The normalized spacial score (nSPS) is 12.8. The van der Waals surface area contributed by atoms with Gasteiger partial charge in [-0.05, 0) is 122 Å². The number of unbranched alkanes of at least 4 members (excludes halogenated alkanes) is 22. The predicted molar refractivity (Wildman–Crippen MR) is 288 cm³/mol. The molecule has 0 unspecified atom stereocenters. The number of carbonyl (C=O) groups excluding carboxylic acids is 3. The third kappa shape index (κ3) is 53.2. The summed E-state index contributed by atoms with van der Waals surface area (Å²) in [5.74, 6) is -0.954. The average Bonchev–Trinajstić information content (AvgIpc) is 3.33. The van der Waals surface area contributed by atoms with E-state index in [4.69, 9.17) is 14.2 Å². The zero-order chi connectivity index (χ0) is 48.6. The lowest BCUT2D eigenvalue weighted by Gasteiger charge is -2.18. The summed E-state index contributed by atoms with van der Waals surface area (Å²) >= 11 is 0. The van der Waals surface area contributed by atoms with Crippen molar-refractivity contribution in [2.24, 2.45) is 0 Å². The van der Waals surface area contributed by atoms with Crippen LogP contribution in [0.5, 0.6) is 0 Å². The molecule has 1 atom stereocenters. The van der Waals surface area contributed by atoms with Crippen molar-refractivity contribution < 1.29 is 28.6 Å². The summed E-state index contributed by atoms with van der Waals surface area (Å²) in [6.07, 6.45) is 72.4. The quantitative estimate of drug-likeness (QED) is 0.0262. The summed E-state index contributed by atoms with van der Waals surface area (Å²) in [6, 6.07) is 0. The maximum Gasteiger partial charge on any atom is 0.306 e. The van der Waals surface area contributed by atoms with Crippen molar-refractivity contribution in [3.8, 4) is 0 Å². The van der Waals surface area contributed by atoms with Crippen LogP contribution >= 0.6 is 0 Å². The predicted octanol–water partition coefficient (Wildman–Crippen LogP) is 18.5. The summed E-state index contributed by atoms with van der Waals surface area (Å²) in [6.45, 7) is 6.45. The summed E-state index contributed by atoms with van der Waals surface area (Å²) in [4.78, 5) is 38.1. The number of ether oxygens (including phenoxy) is 3. The molecule has 6 nitrogen and oxygen atoms in total. The molecule has 0 radical (unpaired) electrons. The minimum atomic E-state index is -0.805. The third-order valence-electron chi connectivity index (χ3n) is 11.5. The second-order valence-electron chi connectivity index (χ2n) is 18.1. The minimum absolute atomic E-state index is 0.101. The molecule has 0 N–H and O–H groups in total. The Hall–Kier alpha value is -3.67. The van der Waals surface area contributed by atoms with E-state index < -0.39 is 6.10 Å². The van der Waals surface area contributed by atoms with E-state index in [0.717, 1.165) is 128 Å². The lowest BCUT2D eigenvalue weighted by Crippen LogP contribution is -2.30. The first-order valence-electron chi connectivity index (χ1n) is 27.7. The molecular formula is C61H102O6. The largest absolute Gasteiger partial charge is 0.462 e. The van der Waals surface area contributed by atoms with E-state index in [9.17, 15) is 14.4 Å². The van der Waals surface area contributed by atoms with E-state index in [0.29, 0.717) is 12.8 Å². The number of hydrogen-bond acceptors (Lipinski definition) is 6. The highest BCUT2D eigenvalue weighted by atomic mass is 16.6. The van der Waals surface area contributed by atoms with Gasteiger partial charge < -0.3 is 14.2 Å².